The normalized spacial score (nSPS) is 18.6. The highest BCUT2D eigenvalue weighted by molar-refractivity contribution is 5.84. The van der Waals surface area contributed by atoms with E-state index >= 15 is 0 Å². The SMILES string of the molecule is CCCC1COC(c2ccc(-c3cc(F)c(/C(F)=C(\F)c4cc(F)c(F)c(F)c4)c(F)c3)c(F)c2)OC1. The summed E-state index contributed by atoms with van der Waals surface area (Å²) in [5.41, 5.74) is -2.78. The van der Waals surface area contributed by atoms with E-state index in [4.69, 9.17) is 9.47 Å². The summed E-state index contributed by atoms with van der Waals surface area (Å²) < 4.78 is 124. The van der Waals surface area contributed by atoms with Gasteiger partial charge in [-0.3, -0.25) is 0 Å². The molecule has 0 saturated carbocycles. The zero-order valence-corrected chi connectivity index (χ0v) is 19.4. The van der Waals surface area contributed by atoms with Crippen LogP contribution < -0.4 is 0 Å². The third-order valence-corrected chi connectivity index (χ3v) is 5.93. The topological polar surface area (TPSA) is 18.5 Å². The second-order valence-electron chi connectivity index (χ2n) is 8.59. The number of halogens is 8. The van der Waals surface area contributed by atoms with Gasteiger partial charge in [0.15, 0.2) is 35.4 Å². The van der Waals surface area contributed by atoms with Crippen LogP contribution in [0, 0.1) is 40.8 Å². The number of rotatable bonds is 6. The van der Waals surface area contributed by atoms with Gasteiger partial charge in [0.1, 0.15) is 17.5 Å². The van der Waals surface area contributed by atoms with Crippen LogP contribution in [-0.4, -0.2) is 13.2 Å². The van der Waals surface area contributed by atoms with E-state index in [-0.39, 0.29) is 29.2 Å². The predicted molar refractivity (Wildman–Crippen MR) is 120 cm³/mol. The summed E-state index contributed by atoms with van der Waals surface area (Å²) in [6, 6.07) is 5.21. The molecule has 10 heteroatoms. The van der Waals surface area contributed by atoms with Crippen LogP contribution in [0.5, 0.6) is 0 Å². The van der Waals surface area contributed by atoms with Crippen molar-refractivity contribution in [2.75, 3.05) is 13.2 Å². The van der Waals surface area contributed by atoms with E-state index in [0.29, 0.717) is 30.9 Å². The Kier molecular flexibility index (Phi) is 7.99. The Morgan fingerprint density at radius 2 is 1.35 bits per heavy atom. The molecule has 1 saturated heterocycles. The van der Waals surface area contributed by atoms with Crippen molar-refractivity contribution in [1.29, 1.82) is 0 Å². The molecule has 1 heterocycles. The first-order valence-electron chi connectivity index (χ1n) is 11.3. The van der Waals surface area contributed by atoms with E-state index in [1.54, 1.807) is 0 Å². The molecule has 196 valence electrons. The summed E-state index contributed by atoms with van der Waals surface area (Å²) in [4.78, 5) is 0. The van der Waals surface area contributed by atoms with Crippen molar-refractivity contribution < 1.29 is 44.6 Å². The van der Waals surface area contributed by atoms with E-state index in [1.807, 2.05) is 6.92 Å². The van der Waals surface area contributed by atoms with Crippen molar-refractivity contribution in [2.24, 2.45) is 5.92 Å². The smallest absolute Gasteiger partial charge is 0.194 e. The molecule has 1 fully saturated rings. The van der Waals surface area contributed by atoms with Gasteiger partial charge in [0, 0.05) is 22.6 Å². The Labute approximate surface area is 207 Å². The van der Waals surface area contributed by atoms with Gasteiger partial charge < -0.3 is 9.47 Å². The zero-order chi connectivity index (χ0) is 26.9. The lowest BCUT2D eigenvalue weighted by molar-refractivity contribution is -0.206. The number of hydrogen-bond donors (Lipinski definition) is 0. The van der Waals surface area contributed by atoms with Crippen LogP contribution in [0.2, 0.25) is 0 Å². The van der Waals surface area contributed by atoms with Gasteiger partial charge >= 0.3 is 0 Å². The predicted octanol–water partition coefficient (Wildman–Crippen LogP) is 8.41. The molecule has 0 atom stereocenters. The quantitative estimate of drug-likeness (QED) is 0.182. The molecule has 37 heavy (non-hydrogen) atoms. The Bertz CT molecular complexity index is 1300. The van der Waals surface area contributed by atoms with Crippen molar-refractivity contribution in [3.05, 3.63) is 94.1 Å². The first kappa shape index (κ1) is 26.8. The van der Waals surface area contributed by atoms with Crippen LogP contribution in [0.1, 0.15) is 42.7 Å². The van der Waals surface area contributed by atoms with Gasteiger partial charge in [-0.1, -0.05) is 25.5 Å². The fraction of sp³-hybridized carbons (Fsp3) is 0.259. The second kappa shape index (κ2) is 11.0. The van der Waals surface area contributed by atoms with E-state index in [1.165, 1.54) is 12.1 Å². The standard InChI is InChI=1S/C27H20F8O2/c1-2-3-13-11-36-27(37-12-13)14-4-5-17(18(28)6-14)15-7-19(29)23(20(30)8-15)26(35)24(33)16-9-21(31)25(34)22(32)10-16/h4-10,13,27H,2-3,11-12H2,1H3/b26-24+. The van der Waals surface area contributed by atoms with Crippen molar-refractivity contribution in [3.8, 4) is 11.1 Å². The molecule has 0 bridgehead atoms. The van der Waals surface area contributed by atoms with Gasteiger partial charge in [0.05, 0.1) is 18.8 Å². The molecule has 0 spiro atoms. The summed E-state index contributed by atoms with van der Waals surface area (Å²) in [6.45, 7) is 2.91. The van der Waals surface area contributed by atoms with Crippen LogP contribution in [0.15, 0.2) is 42.5 Å². The Balaban J connectivity index is 1.62. The number of hydrogen-bond acceptors (Lipinski definition) is 2. The molecule has 4 rings (SSSR count). The van der Waals surface area contributed by atoms with Gasteiger partial charge in [0.25, 0.3) is 0 Å². The highest BCUT2D eigenvalue weighted by atomic mass is 19.2. The number of ether oxygens (including phenoxy) is 2. The lowest BCUT2D eigenvalue weighted by atomic mass is 9.99. The minimum Gasteiger partial charge on any atom is -0.348 e. The maximum Gasteiger partial charge on any atom is 0.194 e. The highest BCUT2D eigenvalue weighted by Gasteiger charge is 2.26. The van der Waals surface area contributed by atoms with Crippen LogP contribution in [0.3, 0.4) is 0 Å². The van der Waals surface area contributed by atoms with Gasteiger partial charge in [0.2, 0.25) is 0 Å². The molecule has 1 aliphatic rings. The first-order chi connectivity index (χ1) is 17.6. The third-order valence-electron chi connectivity index (χ3n) is 5.93. The third kappa shape index (κ3) is 5.55. The molecule has 3 aromatic carbocycles. The maximum absolute atomic E-state index is 14.9. The molecular formula is C27H20F8O2. The average molecular weight is 528 g/mol. The average Bonchev–Trinajstić information content (AvgIpc) is 2.86. The summed E-state index contributed by atoms with van der Waals surface area (Å²) in [7, 11) is 0. The van der Waals surface area contributed by atoms with Gasteiger partial charge in [-0.2, -0.15) is 0 Å². The first-order valence-corrected chi connectivity index (χ1v) is 11.3. The number of benzene rings is 3. The van der Waals surface area contributed by atoms with Crippen LogP contribution >= 0.6 is 0 Å². The molecular weight excluding hydrogens is 508 g/mol. The van der Waals surface area contributed by atoms with Crippen molar-refractivity contribution in [2.45, 2.75) is 26.1 Å². The van der Waals surface area contributed by atoms with Crippen LogP contribution in [0.25, 0.3) is 22.8 Å². The van der Waals surface area contributed by atoms with Gasteiger partial charge in [-0.15, -0.1) is 0 Å². The molecule has 0 amide bonds. The molecule has 0 N–H and O–H groups in total. The molecule has 0 aliphatic carbocycles. The minimum atomic E-state index is -2.12. The minimum absolute atomic E-state index is 0.137. The van der Waals surface area contributed by atoms with E-state index in [2.05, 4.69) is 0 Å². The van der Waals surface area contributed by atoms with Crippen LogP contribution in [-0.2, 0) is 9.47 Å². The lowest BCUT2D eigenvalue weighted by Crippen LogP contribution is -2.27. The van der Waals surface area contributed by atoms with Crippen LogP contribution in [0.4, 0.5) is 35.1 Å². The molecule has 2 nitrogen and oxygen atoms in total. The molecule has 1 aliphatic heterocycles. The van der Waals surface area contributed by atoms with Gasteiger partial charge in [-0.05, 0) is 42.3 Å². The van der Waals surface area contributed by atoms with E-state index < -0.39 is 64.0 Å². The van der Waals surface area contributed by atoms with Crippen molar-refractivity contribution in [3.63, 3.8) is 0 Å². The fourth-order valence-corrected chi connectivity index (χ4v) is 4.08. The van der Waals surface area contributed by atoms with Crippen molar-refractivity contribution in [1.82, 2.24) is 0 Å². The van der Waals surface area contributed by atoms with Gasteiger partial charge in [-0.25, -0.2) is 35.1 Å². The highest BCUT2D eigenvalue weighted by Crippen LogP contribution is 2.36. The van der Waals surface area contributed by atoms with E-state index in [9.17, 15) is 35.1 Å². The summed E-state index contributed by atoms with van der Waals surface area (Å²) in [5.74, 6) is -13.5. The fourth-order valence-electron chi connectivity index (χ4n) is 4.08. The summed E-state index contributed by atoms with van der Waals surface area (Å²) in [5, 5.41) is 0. The molecule has 3 aromatic rings. The molecule has 0 radical (unpaired) electrons. The molecule has 0 unspecified atom stereocenters. The lowest BCUT2D eigenvalue weighted by Gasteiger charge is -2.29. The Morgan fingerprint density at radius 1 is 0.757 bits per heavy atom. The molecule has 0 aromatic heterocycles. The Hall–Kier alpha value is -3.24. The Morgan fingerprint density at radius 3 is 1.89 bits per heavy atom. The van der Waals surface area contributed by atoms with Crippen molar-refractivity contribution >= 4 is 11.7 Å². The maximum atomic E-state index is 14.9. The summed E-state index contributed by atoms with van der Waals surface area (Å²) >= 11 is 0. The van der Waals surface area contributed by atoms with E-state index in [0.717, 1.165) is 18.9 Å². The monoisotopic (exact) mass is 528 g/mol. The summed E-state index contributed by atoms with van der Waals surface area (Å²) in [6.07, 6.45) is 1.08. The second-order valence-corrected chi connectivity index (χ2v) is 8.59. The largest absolute Gasteiger partial charge is 0.348 e. The zero-order valence-electron chi connectivity index (χ0n) is 19.4.